The standard InChI is InChI=1S/C11H20N2O2/c1-9(14)12-5-2-10(3-6-12)13-7-4-11(15)8-13/h10-11,15H,2-8H2,1H3. The van der Waals surface area contributed by atoms with Crippen LogP contribution in [0.15, 0.2) is 0 Å². The van der Waals surface area contributed by atoms with Gasteiger partial charge in [-0.3, -0.25) is 9.69 Å². The van der Waals surface area contributed by atoms with Crippen LogP contribution >= 0.6 is 0 Å². The van der Waals surface area contributed by atoms with Crippen LogP contribution in [-0.2, 0) is 4.79 Å². The minimum absolute atomic E-state index is 0.129. The first kappa shape index (κ1) is 10.9. The molecule has 1 atom stereocenters. The van der Waals surface area contributed by atoms with Crippen molar-refractivity contribution in [2.75, 3.05) is 26.2 Å². The Bertz CT molecular complexity index is 237. The normalized spacial score (nSPS) is 29.7. The van der Waals surface area contributed by atoms with Crippen molar-refractivity contribution in [1.29, 1.82) is 0 Å². The first-order chi connectivity index (χ1) is 7.16. The zero-order valence-electron chi connectivity index (χ0n) is 9.35. The molecule has 2 aliphatic heterocycles. The maximum atomic E-state index is 11.2. The Hall–Kier alpha value is -0.610. The molecule has 2 fully saturated rings. The molecule has 2 aliphatic rings. The monoisotopic (exact) mass is 212 g/mol. The van der Waals surface area contributed by atoms with Crippen LogP contribution in [-0.4, -0.2) is 59.1 Å². The highest BCUT2D eigenvalue weighted by atomic mass is 16.3. The fourth-order valence-corrected chi connectivity index (χ4v) is 2.65. The van der Waals surface area contributed by atoms with Gasteiger partial charge >= 0.3 is 0 Å². The summed E-state index contributed by atoms with van der Waals surface area (Å²) in [5.74, 6) is 0.190. The molecule has 2 heterocycles. The van der Waals surface area contributed by atoms with E-state index in [2.05, 4.69) is 4.90 Å². The predicted octanol–water partition coefficient (Wildman–Crippen LogP) is 0.0639. The second kappa shape index (κ2) is 4.49. The molecule has 0 aromatic rings. The number of amides is 1. The van der Waals surface area contributed by atoms with Crippen molar-refractivity contribution in [3.63, 3.8) is 0 Å². The molecular formula is C11H20N2O2. The number of carbonyl (C=O) groups excluding carboxylic acids is 1. The van der Waals surface area contributed by atoms with Crippen molar-refractivity contribution in [1.82, 2.24) is 9.80 Å². The van der Waals surface area contributed by atoms with Gasteiger partial charge in [0.2, 0.25) is 5.91 Å². The van der Waals surface area contributed by atoms with E-state index < -0.39 is 0 Å². The number of β-amino-alcohol motifs (C(OH)–C–C–N with tert-alkyl or cyclic N) is 1. The van der Waals surface area contributed by atoms with Crippen LogP contribution in [0.3, 0.4) is 0 Å². The van der Waals surface area contributed by atoms with Crippen molar-refractivity contribution in [3.8, 4) is 0 Å². The maximum absolute atomic E-state index is 11.2. The Kier molecular flexibility index (Phi) is 3.26. The molecule has 0 radical (unpaired) electrons. The molecule has 1 amide bonds. The van der Waals surface area contributed by atoms with Gasteiger partial charge in [0.15, 0.2) is 0 Å². The number of aliphatic hydroxyl groups is 1. The van der Waals surface area contributed by atoms with E-state index in [1.165, 1.54) is 0 Å². The number of nitrogens with zero attached hydrogens (tertiary/aromatic N) is 2. The minimum Gasteiger partial charge on any atom is -0.392 e. The summed E-state index contributed by atoms with van der Waals surface area (Å²) in [5.41, 5.74) is 0. The second-order valence-corrected chi connectivity index (χ2v) is 4.67. The third-order valence-electron chi connectivity index (χ3n) is 3.62. The fraction of sp³-hybridized carbons (Fsp3) is 0.909. The molecular weight excluding hydrogens is 192 g/mol. The van der Waals surface area contributed by atoms with Gasteiger partial charge in [0.05, 0.1) is 6.10 Å². The SMILES string of the molecule is CC(=O)N1CCC(N2CCC(O)C2)CC1. The molecule has 2 saturated heterocycles. The van der Waals surface area contributed by atoms with Gasteiger partial charge in [0, 0.05) is 39.1 Å². The van der Waals surface area contributed by atoms with Crippen LogP contribution in [0.4, 0.5) is 0 Å². The Labute approximate surface area is 90.9 Å². The Morgan fingerprint density at radius 1 is 1.20 bits per heavy atom. The van der Waals surface area contributed by atoms with E-state index in [4.69, 9.17) is 0 Å². The number of hydrogen-bond donors (Lipinski definition) is 1. The van der Waals surface area contributed by atoms with Gasteiger partial charge in [-0.1, -0.05) is 0 Å². The number of likely N-dealkylation sites (tertiary alicyclic amines) is 2. The molecule has 1 unspecified atom stereocenters. The molecule has 0 aromatic heterocycles. The molecule has 0 bridgehead atoms. The van der Waals surface area contributed by atoms with E-state index in [0.29, 0.717) is 6.04 Å². The van der Waals surface area contributed by atoms with Crippen molar-refractivity contribution < 1.29 is 9.90 Å². The van der Waals surface area contributed by atoms with Crippen LogP contribution in [0, 0.1) is 0 Å². The molecule has 1 N–H and O–H groups in total. The fourth-order valence-electron chi connectivity index (χ4n) is 2.65. The Morgan fingerprint density at radius 2 is 1.87 bits per heavy atom. The van der Waals surface area contributed by atoms with Crippen molar-refractivity contribution in [2.24, 2.45) is 0 Å². The van der Waals surface area contributed by atoms with E-state index in [1.807, 2.05) is 4.90 Å². The average molecular weight is 212 g/mol. The van der Waals surface area contributed by atoms with Crippen LogP contribution in [0.5, 0.6) is 0 Å². The van der Waals surface area contributed by atoms with Gasteiger partial charge in [-0.15, -0.1) is 0 Å². The lowest BCUT2D eigenvalue weighted by Gasteiger charge is -2.36. The van der Waals surface area contributed by atoms with Crippen LogP contribution in [0.25, 0.3) is 0 Å². The Balaban J connectivity index is 1.80. The molecule has 15 heavy (non-hydrogen) atoms. The highest BCUT2D eigenvalue weighted by molar-refractivity contribution is 5.73. The largest absolute Gasteiger partial charge is 0.392 e. The number of carbonyl (C=O) groups is 1. The van der Waals surface area contributed by atoms with Crippen LogP contribution in [0.1, 0.15) is 26.2 Å². The summed E-state index contributed by atoms with van der Waals surface area (Å²) in [4.78, 5) is 15.4. The first-order valence-corrected chi connectivity index (χ1v) is 5.84. The highest BCUT2D eigenvalue weighted by Crippen LogP contribution is 2.21. The smallest absolute Gasteiger partial charge is 0.219 e. The molecule has 0 saturated carbocycles. The van der Waals surface area contributed by atoms with Crippen LogP contribution < -0.4 is 0 Å². The third kappa shape index (κ3) is 2.49. The number of rotatable bonds is 1. The zero-order chi connectivity index (χ0) is 10.8. The first-order valence-electron chi connectivity index (χ1n) is 5.84. The summed E-state index contributed by atoms with van der Waals surface area (Å²) in [7, 11) is 0. The van der Waals surface area contributed by atoms with Gasteiger partial charge in [-0.05, 0) is 19.3 Å². The number of aliphatic hydroxyl groups excluding tert-OH is 1. The summed E-state index contributed by atoms with van der Waals surface area (Å²) >= 11 is 0. The summed E-state index contributed by atoms with van der Waals surface area (Å²) in [6.07, 6.45) is 2.90. The lowest BCUT2D eigenvalue weighted by molar-refractivity contribution is -0.130. The van der Waals surface area contributed by atoms with Gasteiger partial charge in [-0.2, -0.15) is 0 Å². The Morgan fingerprint density at radius 3 is 2.33 bits per heavy atom. The minimum atomic E-state index is -0.129. The van der Waals surface area contributed by atoms with Gasteiger partial charge < -0.3 is 10.0 Å². The maximum Gasteiger partial charge on any atom is 0.219 e. The van der Waals surface area contributed by atoms with Gasteiger partial charge in [0.25, 0.3) is 0 Å². The van der Waals surface area contributed by atoms with Crippen molar-refractivity contribution in [3.05, 3.63) is 0 Å². The lowest BCUT2D eigenvalue weighted by atomic mass is 10.0. The zero-order valence-corrected chi connectivity index (χ0v) is 9.35. The molecule has 0 spiro atoms. The van der Waals surface area contributed by atoms with E-state index in [-0.39, 0.29) is 12.0 Å². The second-order valence-electron chi connectivity index (χ2n) is 4.67. The van der Waals surface area contributed by atoms with E-state index >= 15 is 0 Å². The van der Waals surface area contributed by atoms with E-state index in [0.717, 1.165) is 45.4 Å². The highest BCUT2D eigenvalue weighted by Gasteiger charge is 2.30. The third-order valence-corrected chi connectivity index (χ3v) is 3.62. The van der Waals surface area contributed by atoms with E-state index in [9.17, 15) is 9.90 Å². The van der Waals surface area contributed by atoms with Crippen molar-refractivity contribution in [2.45, 2.75) is 38.3 Å². The molecule has 2 rings (SSSR count). The summed E-state index contributed by atoms with van der Waals surface area (Å²) in [5, 5.41) is 9.46. The molecule has 0 aromatic carbocycles. The lowest BCUT2D eigenvalue weighted by Crippen LogP contribution is -2.45. The predicted molar refractivity (Wildman–Crippen MR) is 57.5 cm³/mol. The van der Waals surface area contributed by atoms with Gasteiger partial charge in [-0.25, -0.2) is 0 Å². The summed E-state index contributed by atoms with van der Waals surface area (Å²) in [6.45, 7) is 5.25. The van der Waals surface area contributed by atoms with Crippen LogP contribution in [0.2, 0.25) is 0 Å². The molecule has 4 heteroatoms. The number of hydrogen-bond acceptors (Lipinski definition) is 3. The summed E-state index contributed by atoms with van der Waals surface area (Å²) < 4.78 is 0. The quantitative estimate of drug-likeness (QED) is 0.668. The topological polar surface area (TPSA) is 43.8 Å². The molecule has 4 nitrogen and oxygen atoms in total. The average Bonchev–Trinajstić information content (AvgIpc) is 2.65. The molecule has 0 aliphatic carbocycles. The molecule has 86 valence electrons. The van der Waals surface area contributed by atoms with Gasteiger partial charge in [0.1, 0.15) is 0 Å². The number of piperidine rings is 1. The van der Waals surface area contributed by atoms with E-state index in [1.54, 1.807) is 6.92 Å². The summed E-state index contributed by atoms with van der Waals surface area (Å²) in [6, 6.07) is 0.581. The van der Waals surface area contributed by atoms with Crippen molar-refractivity contribution >= 4 is 5.91 Å².